The molecule has 7 heteroatoms. The molecule has 30 heavy (non-hydrogen) atoms. The molecule has 1 saturated heterocycles. The highest BCUT2D eigenvalue weighted by Crippen LogP contribution is 2.47. The fourth-order valence-corrected chi connectivity index (χ4v) is 5.16. The second-order valence-electron chi connectivity index (χ2n) is 7.22. The van der Waals surface area contributed by atoms with Crippen LogP contribution in [0, 0.1) is 6.92 Å². The number of thioether (sulfide) groups is 1. The fourth-order valence-electron chi connectivity index (χ4n) is 3.87. The molecule has 0 aliphatic carbocycles. The Balaban J connectivity index is 1.89. The average Bonchev–Trinajstić information content (AvgIpc) is 3.15. The molecule has 0 N–H and O–H groups in total. The normalized spacial score (nSPS) is 18.8. The third-order valence-corrected chi connectivity index (χ3v) is 6.73. The van der Waals surface area contributed by atoms with Gasteiger partial charge in [-0.1, -0.05) is 36.4 Å². The maximum Gasteiger partial charge on any atom is 0.295 e. The number of para-hydroxylation sites is 2. The smallest absolute Gasteiger partial charge is 0.295 e. The van der Waals surface area contributed by atoms with Gasteiger partial charge in [-0.2, -0.15) is 0 Å². The van der Waals surface area contributed by atoms with Crippen molar-refractivity contribution in [3.8, 4) is 11.4 Å². The Morgan fingerprint density at radius 2 is 1.70 bits per heavy atom. The van der Waals surface area contributed by atoms with Gasteiger partial charge in [0.2, 0.25) is 5.91 Å². The van der Waals surface area contributed by atoms with Crippen LogP contribution in [0.25, 0.3) is 5.69 Å². The van der Waals surface area contributed by atoms with Crippen molar-refractivity contribution in [1.82, 2.24) is 9.36 Å². The molecule has 4 rings (SSSR count). The number of anilines is 1. The molecule has 1 aliphatic heterocycles. The van der Waals surface area contributed by atoms with Crippen molar-refractivity contribution in [3.05, 3.63) is 76.2 Å². The van der Waals surface area contributed by atoms with Gasteiger partial charge in [-0.05, 0) is 39.0 Å². The number of rotatable bonds is 5. The van der Waals surface area contributed by atoms with Gasteiger partial charge in [0.1, 0.15) is 16.8 Å². The summed E-state index contributed by atoms with van der Waals surface area (Å²) in [6.07, 6.45) is 0. The number of hydrogen-bond donors (Lipinski definition) is 0. The van der Waals surface area contributed by atoms with Crippen molar-refractivity contribution < 1.29 is 9.53 Å². The molecule has 1 aromatic heterocycles. The molecule has 1 amide bonds. The molecular formula is C23H25N3O3S. The Morgan fingerprint density at radius 3 is 2.40 bits per heavy atom. The van der Waals surface area contributed by atoms with E-state index in [1.807, 2.05) is 82.4 Å². The maximum atomic E-state index is 13.5. The van der Waals surface area contributed by atoms with E-state index in [9.17, 15) is 9.59 Å². The molecule has 2 heterocycles. The molecule has 2 atom stereocenters. The molecule has 2 unspecified atom stereocenters. The number of hydrogen-bond acceptors (Lipinski definition) is 4. The van der Waals surface area contributed by atoms with E-state index in [0.717, 1.165) is 22.7 Å². The van der Waals surface area contributed by atoms with Crippen molar-refractivity contribution >= 4 is 23.4 Å². The predicted molar refractivity (Wildman–Crippen MR) is 121 cm³/mol. The molecular weight excluding hydrogens is 398 g/mol. The number of nitrogens with zero attached hydrogens (tertiary/aromatic N) is 3. The summed E-state index contributed by atoms with van der Waals surface area (Å²) >= 11 is 1.54. The number of ether oxygens (including phenoxy) is 1. The van der Waals surface area contributed by atoms with Crippen LogP contribution in [-0.4, -0.2) is 27.1 Å². The third kappa shape index (κ3) is 3.23. The van der Waals surface area contributed by atoms with Crippen molar-refractivity contribution in [2.24, 2.45) is 7.05 Å². The molecule has 0 radical (unpaired) electrons. The van der Waals surface area contributed by atoms with Crippen LogP contribution in [0.3, 0.4) is 0 Å². The highest BCUT2D eigenvalue weighted by atomic mass is 32.2. The SMILES string of the molecule is CCOc1ccccc1C1SC(C)C(=O)N1c1c(C)n(C)n(-c2ccccc2)c1=O. The van der Waals surface area contributed by atoms with E-state index >= 15 is 0 Å². The first kappa shape index (κ1) is 20.3. The maximum absolute atomic E-state index is 13.5. The van der Waals surface area contributed by atoms with E-state index in [-0.39, 0.29) is 22.1 Å². The van der Waals surface area contributed by atoms with Crippen LogP contribution >= 0.6 is 11.8 Å². The summed E-state index contributed by atoms with van der Waals surface area (Å²) in [6.45, 7) is 6.23. The second-order valence-corrected chi connectivity index (χ2v) is 8.65. The van der Waals surface area contributed by atoms with Crippen LogP contribution in [0.2, 0.25) is 0 Å². The van der Waals surface area contributed by atoms with Gasteiger partial charge in [-0.15, -0.1) is 11.8 Å². The van der Waals surface area contributed by atoms with Crippen molar-refractivity contribution in [1.29, 1.82) is 0 Å². The van der Waals surface area contributed by atoms with E-state index in [1.54, 1.807) is 14.3 Å². The van der Waals surface area contributed by atoms with Gasteiger partial charge in [-0.25, -0.2) is 4.68 Å². The van der Waals surface area contributed by atoms with Gasteiger partial charge in [0.25, 0.3) is 5.56 Å². The molecule has 0 bridgehead atoms. The molecule has 1 fully saturated rings. The Morgan fingerprint density at radius 1 is 1.03 bits per heavy atom. The first-order chi connectivity index (χ1) is 14.5. The Hall–Kier alpha value is -2.93. The van der Waals surface area contributed by atoms with Crippen LogP contribution in [0.1, 0.15) is 30.5 Å². The van der Waals surface area contributed by atoms with Crippen molar-refractivity contribution in [2.45, 2.75) is 31.4 Å². The van der Waals surface area contributed by atoms with E-state index in [4.69, 9.17) is 4.74 Å². The molecule has 156 valence electrons. The molecule has 0 spiro atoms. The minimum absolute atomic E-state index is 0.0673. The van der Waals surface area contributed by atoms with Gasteiger partial charge in [0.05, 0.1) is 23.2 Å². The summed E-state index contributed by atoms with van der Waals surface area (Å²) in [5.41, 5.74) is 2.61. The van der Waals surface area contributed by atoms with E-state index < -0.39 is 0 Å². The van der Waals surface area contributed by atoms with Gasteiger partial charge >= 0.3 is 0 Å². The molecule has 2 aromatic carbocycles. The summed E-state index contributed by atoms with van der Waals surface area (Å²) in [5, 5.41) is -0.581. The van der Waals surface area contributed by atoms with Crippen LogP contribution in [0.5, 0.6) is 5.75 Å². The highest BCUT2D eigenvalue weighted by molar-refractivity contribution is 8.01. The van der Waals surface area contributed by atoms with E-state index in [2.05, 4.69) is 0 Å². The third-order valence-electron chi connectivity index (χ3n) is 5.40. The lowest BCUT2D eigenvalue weighted by Crippen LogP contribution is -2.34. The minimum Gasteiger partial charge on any atom is -0.493 e. The largest absolute Gasteiger partial charge is 0.493 e. The fraction of sp³-hybridized carbons (Fsp3) is 0.304. The van der Waals surface area contributed by atoms with Crippen molar-refractivity contribution in [3.63, 3.8) is 0 Å². The Bertz CT molecular complexity index is 1140. The first-order valence-electron chi connectivity index (χ1n) is 10.00. The molecule has 1 aliphatic rings. The Labute approximate surface area is 180 Å². The standard InChI is InChI=1S/C23H25N3O3S/c1-5-29-19-14-10-9-13-18(19)23-25(21(27)16(3)30-23)20-15(2)24(4)26(22(20)28)17-11-7-6-8-12-17/h6-14,16,23H,5H2,1-4H3. The van der Waals surface area contributed by atoms with Crippen LogP contribution in [0.15, 0.2) is 59.4 Å². The predicted octanol–water partition coefficient (Wildman–Crippen LogP) is 4.05. The van der Waals surface area contributed by atoms with Gasteiger partial charge in [0, 0.05) is 12.6 Å². The van der Waals surface area contributed by atoms with E-state index in [0.29, 0.717) is 12.3 Å². The van der Waals surface area contributed by atoms with Gasteiger partial charge in [-0.3, -0.25) is 19.2 Å². The summed E-state index contributed by atoms with van der Waals surface area (Å²) in [7, 11) is 1.84. The quantitative estimate of drug-likeness (QED) is 0.621. The number of carbonyl (C=O) groups is 1. The number of carbonyl (C=O) groups excluding carboxylic acids is 1. The second kappa shape index (κ2) is 8.07. The zero-order valence-corrected chi connectivity index (χ0v) is 18.3. The minimum atomic E-state index is -0.326. The lowest BCUT2D eigenvalue weighted by molar-refractivity contribution is -0.117. The molecule has 6 nitrogen and oxygen atoms in total. The van der Waals surface area contributed by atoms with Crippen molar-refractivity contribution in [2.75, 3.05) is 11.5 Å². The monoisotopic (exact) mass is 423 g/mol. The number of amides is 1. The lowest BCUT2D eigenvalue weighted by atomic mass is 10.1. The van der Waals surface area contributed by atoms with Crippen LogP contribution < -0.4 is 15.2 Å². The summed E-state index contributed by atoms with van der Waals surface area (Å²) in [5.74, 6) is 0.670. The molecule has 3 aromatic rings. The number of aromatic nitrogens is 2. The average molecular weight is 424 g/mol. The first-order valence-corrected chi connectivity index (χ1v) is 10.9. The highest BCUT2D eigenvalue weighted by Gasteiger charge is 2.43. The Kier molecular flexibility index (Phi) is 5.47. The lowest BCUT2D eigenvalue weighted by Gasteiger charge is -2.24. The molecule has 0 saturated carbocycles. The zero-order valence-electron chi connectivity index (χ0n) is 17.5. The van der Waals surface area contributed by atoms with Crippen LogP contribution in [-0.2, 0) is 11.8 Å². The summed E-state index contributed by atoms with van der Waals surface area (Å²) < 4.78 is 9.24. The topological polar surface area (TPSA) is 56.5 Å². The van der Waals surface area contributed by atoms with Crippen LogP contribution in [0.4, 0.5) is 5.69 Å². The summed E-state index contributed by atoms with van der Waals surface area (Å²) in [6, 6.07) is 17.2. The van der Waals surface area contributed by atoms with E-state index in [1.165, 1.54) is 11.8 Å². The zero-order chi connectivity index (χ0) is 21.4. The number of benzene rings is 2. The van der Waals surface area contributed by atoms with Gasteiger partial charge < -0.3 is 4.74 Å². The summed E-state index contributed by atoms with van der Waals surface area (Å²) in [4.78, 5) is 28.4. The van der Waals surface area contributed by atoms with Gasteiger partial charge in [0.15, 0.2) is 0 Å².